The Balaban J connectivity index is 1.46. The molecule has 3 heterocycles. The van der Waals surface area contributed by atoms with E-state index in [0.29, 0.717) is 17.0 Å². The number of aromatic amines is 1. The van der Waals surface area contributed by atoms with Crippen molar-refractivity contribution >= 4 is 16.9 Å². The molecule has 1 N–H and O–H groups in total. The number of H-pyrrole nitrogens is 1. The first-order chi connectivity index (χ1) is 11.2. The highest BCUT2D eigenvalue weighted by atomic mass is 16.2. The predicted molar refractivity (Wildman–Crippen MR) is 84.9 cm³/mol. The van der Waals surface area contributed by atoms with E-state index in [0.717, 1.165) is 37.3 Å². The van der Waals surface area contributed by atoms with Gasteiger partial charge in [-0.1, -0.05) is 0 Å². The van der Waals surface area contributed by atoms with E-state index in [1.54, 1.807) is 17.0 Å². The summed E-state index contributed by atoms with van der Waals surface area (Å²) in [5.41, 5.74) is 2.12. The molecule has 118 valence electrons. The van der Waals surface area contributed by atoms with Crippen LogP contribution in [0.25, 0.3) is 11.0 Å². The number of hydrogen-bond donors (Lipinski definition) is 1. The molecule has 0 saturated heterocycles. The number of carbonyl (C=O) groups is 1. The first kappa shape index (κ1) is 13.9. The summed E-state index contributed by atoms with van der Waals surface area (Å²) < 4.78 is 2.19. The summed E-state index contributed by atoms with van der Waals surface area (Å²) >= 11 is 0. The van der Waals surface area contributed by atoms with Crippen LogP contribution in [0.3, 0.4) is 0 Å². The summed E-state index contributed by atoms with van der Waals surface area (Å²) in [5, 5.41) is 10.6. The van der Waals surface area contributed by atoms with Crippen molar-refractivity contribution in [3.05, 3.63) is 42.0 Å². The summed E-state index contributed by atoms with van der Waals surface area (Å²) in [6, 6.07) is 5.40. The summed E-state index contributed by atoms with van der Waals surface area (Å²) in [4.78, 5) is 18.8. The van der Waals surface area contributed by atoms with Crippen LogP contribution in [0.2, 0.25) is 0 Å². The molecule has 7 heteroatoms. The molecule has 0 aliphatic carbocycles. The molecule has 23 heavy (non-hydrogen) atoms. The van der Waals surface area contributed by atoms with E-state index >= 15 is 0 Å². The van der Waals surface area contributed by atoms with E-state index < -0.39 is 0 Å². The number of rotatable bonds is 3. The van der Waals surface area contributed by atoms with Crippen LogP contribution < -0.4 is 0 Å². The lowest BCUT2D eigenvalue weighted by atomic mass is 9.97. The second-order valence-corrected chi connectivity index (χ2v) is 6.11. The zero-order chi connectivity index (χ0) is 15.8. The lowest BCUT2D eigenvalue weighted by molar-refractivity contribution is 0.0764. The molecule has 0 bridgehead atoms. The van der Waals surface area contributed by atoms with Crippen molar-refractivity contribution in [1.29, 1.82) is 0 Å². The van der Waals surface area contributed by atoms with Gasteiger partial charge in [0.15, 0.2) is 0 Å². The van der Waals surface area contributed by atoms with Crippen molar-refractivity contribution in [3.8, 4) is 0 Å². The Morgan fingerprint density at radius 1 is 1.39 bits per heavy atom. The summed E-state index contributed by atoms with van der Waals surface area (Å²) in [6.45, 7) is 1.72. The van der Waals surface area contributed by atoms with Crippen molar-refractivity contribution in [2.75, 3.05) is 13.6 Å². The molecular formula is C16H18N6O. The van der Waals surface area contributed by atoms with Crippen molar-refractivity contribution in [2.45, 2.75) is 19.4 Å². The summed E-state index contributed by atoms with van der Waals surface area (Å²) in [5.74, 6) is 1.59. The van der Waals surface area contributed by atoms with Gasteiger partial charge < -0.3 is 9.47 Å². The number of carbonyl (C=O) groups excluding carboxylic acids is 1. The third-order valence-electron chi connectivity index (χ3n) is 4.49. The average Bonchev–Trinajstić information content (AvgIpc) is 3.21. The Hall–Kier alpha value is -2.70. The third-order valence-corrected chi connectivity index (χ3v) is 4.49. The topological polar surface area (TPSA) is 79.7 Å². The highest BCUT2D eigenvalue weighted by Gasteiger charge is 2.23. The smallest absolute Gasteiger partial charge is 0.253 e. The standard InChI is InChI=1S/C16H18N6O/c1-21(10-11-4-6-22-7-5-17-15(22)8-11)16(23)12-2-3-13-14(9-12)19-20-18-13/h2-3,5,7,9,11H,4,6,8,10H2,1H3,(H,18,19,20)/t11-/m1/s1. The minimum absolute atomic E-state index is 0.0174. The number of hydrogen-bond acceptors (Lipinski definition) is 4. The molecule has 1 aliphatic heterocycles. The molecule has 1 amide bonds. The molecule has 2 aromatic heterocycles. The van der Waals surface area contributed by atoms with E-state index in [-0.39, 0.29) is 5.91 Å². The average molecular weight is 310 g/mol. The molecule has 0 radical (unpaired) electrons. The Morgan fingerprint density at radius 2 is 2.26 bits per heavy atom. The summed E-state index contributed by atoms with van der Waals surface area (Å²) in [6.07, 6.45) is 5.86. The molecule has 3 aromatic rings. The minimum atomic E-state index is 0.0174. The lowest BCUT2D eigenvalue weighted by Gasteiger charge is -2.27. The number of amides is 1. The fourth-order valence-corrected chi connectivity index (χ4v) is 3.24. The Kier molecular flexibility index (Phi) is 3.33. The molecule has 0 fully saturated rings. The number of nitrogens with zero attached hydrogens (tertiary/aromatic N) is 5. The van der Waals surface area contributed by atoms with Crippen LogP contribution in [0.4, 0.5) is 0 Å². The van der Waals surface area contributed by atoms with Crippen molar-refractivity contribution in [2.24, 2.45) is 5.92 Å². The van der Waals surface area contributed by atoms with Gasteiger partial charge in [0.05, 0.1) is 0 Å². The SMILES string of the molecule is CN(C[C@@H]1CCn2ccnc2C1)C(=O)c1ccc2n[nH]nc2c1. The van der Waals surface area contributed by atoms with Crippen LogP contribution in [-0.2, 0) is 13.0 Å². The van der Waals surface area contributed by atoms with Gasteiger partial charge in [0.25, 0.3) is 5.91 Å². The van der Waals surface area contributed by atoms with E-state index in [1.165, 1.54) is 0 Å². The number of fused-ring (bicyclic) bond motifs is 2. The Bertz CT molecular complexity index is 851. The molecule has 0 saturated carbocycles. The van der Waals surface area contributed by atoms with Crippen LogP contribution in [0.15, 0.2) is 30.6 Å². The number of aromatic nitrogens is 5. The van der Waals surface area contributed by atoms with Crippen LogP contribution >= 0.6 is 0 Å². The number of benzene rings is 1. The quantitative estimate of drug-likeness (QED) is 0.795. The van der Waals surface area contributed by atoms with Gasteiger partial charge >= 0.3 is 0 Å². The molecule has 0 unspecified atom stereocenters. The summed E-state index contributed by atoms with van der Waals surface area (Å²) in [7, 11) is 1.86. The molecule has 1 aromatic carbocycles. The fourth-order valence-electron chi connectivity index (χ4n) is 3.24. The fraction of sp³-hybridized carbons (Fsp3) is 0.375. The lowest BCUT2D eigenvalue weighted by Crippen LogP contribution is -2.35. The van der Waals surface area contributed by atoms with E-state index in [2.05, 4.69) is 25.0 Å². The molecule has 0 spiro atoms. The zero-order valence-electron chi connectivity index (χ0n) is 12.9. The van der Waals surface area contributed by atoms with Crippen LogP contribution in [0.5, 0.6) is 0 Å². The van der Waals surface area contributed by atoms with Gasteiger partial charge in [-0.3, -0.25) is 4.79 Å². The van der Waals surface area contributed by atoms with Crippen molar-refractivity contribution in [1.82, 2.24) is 29.9 Å². The second-order valence-electron chi connectivity index (χ2n) is 6.11. The Morgan fingerprint density at radius 3 is 3.17 bits per heavy atom. The van der Waals surface area contributed by atoms with Crippen molar-refractivity contribution in [3.63, 3.8) is 0 Å². The number of nitrogens with one attached hydrogen (secondary N) is 1. The third kappa shape index (κ3) is 2.58. The molecule has 7 nitrogen and oxygen atoms in total. The van der Waals surface area contributed by atoms with E-state index in [4.69, 9.17) is 0 Å². The maximum absolute atomic E-state index is 12.6. The van der Waals surface area contributed by atoms with Gasteiger partial charge in [-0.15, -0.1) is 0 Å². The predicted octanol–water partition coefficient (Wildman–Crippen LogP) is 1.49. The molecule has 1 atom stereocenters. The molecule has 1 aliphatic rings. The highest BCUT2D eigenvalue weighted by molar-refractivity contribution is 5.97. The van der Waals surface area contributed by atoms with E-state index in [1.807, 2.05) is 25.5 Å². The van der Waals surface area contributed by atoms with Gasteiger partial charge in [-0.2, -0.15) is 15.4 Å². The number of imidazole rings is 1. The monoisotopic (exact) mass is 310 g/mol. The minimum Gasteiger partial charge on any atom is -0.341 e. The number of aryl methyl sites for hydroxylation is 1. The van der Waals surface area contributed by atoms with Gasteiger partial charge in [0.2, 0.25) is 0 Å². The van der Waals surface area contributed by atoms with Gasteiger partial charge in [-0.25, -0.2) is 4.98 Å². The maximum Gasteiger partial charge on any atom is 0.253 e. The second kappa shape index (κ2) is 5.49. The normalized spacial score (nSPS) is 17.2. The Labute approximate surface area is 133 Å². The van der Waals surface area contributed by atoms with Crippen LogP contribution in [-0.4, -0.2) is 49.4 Å². The highest BCUT2D eigenvalue weighted by Crippen LogP contribution is 2.21. The van der Waals surface area contributed by atoms with Gasteiger partial charge in [-0.05, 0) is 30.5 Å². The molecule has 4 rings (SSSR count). The van der Waals surface area contributed by atoms with Crippen molar-refractivity contribution < 1.29 is 4.79 Å². The van der Waals surface area contributed by atoms with Crippen LogP contribution in [0.1, 0.15) is 22.6 Å². The first-order valence-corrected chi connectivity index (χ1v) is 7.77. The van der Waals surface area contributed by atoms with Gasteiger partial charge in [0.1, 0.15) is 16.9 Å². The van der Waals surface area contributed by atoms with Gasteiger partial charge in [0, 0.05) is 44.5 Å². The van der Waals surface area contributed by atoms with Crippen LogP contribution in [0, 0.1) is 5.92 Å². The maximum atomic E-state index is 12.6. The first-order valence-electron chi connectivity index (χ1n) is 7.77. The zero-order valence-corrected chi connectivity index (χ0v) is 12.9. The largest absolute Gasteiger partial charge is 0.341 e. The van der Waals surface area contributed by atoms with E-state index in [9.17, 15) is 4.79 Å². The molecular weight excluding hydrogens is 292 g/mol.